The zero-order valence-electron chi connectivity index (χ0n) is 14.8. The normalized spacial score (nSPS) is 22.9. The van der Waals surface area contributed by atoms with Crippen LogP contribution in [0.2, 0.25) is 0 Å². The second-order valence-electron chi connectivity index (χ2n) is 6.87. The molecule has 1 unspecified atom stereocenters. The number of hydrogen-bond donors (Lipinski definition) is 1. The highest BCUT2D eigenvalue weighted by atomic mass is 32.1. The monoisotopic (exact) mass is 375 g/mol. The fraction of sp³-hybridized carbons (Fsp3) is 0.500. The van der Waals surface area contributed by atoms with Crippen molar-refractivity contribution in [1.82, 2.24) is 10.1 Å². The smallest absolute Gasteiger partial charge is 0.294 e. The van der Waals surface area contributed by atoms with Gasteiger partial charge < -0.3 is 18.8 Å². The minimum Gasteiger partial charge on any atom is -0.493 e. The summed E-state index contributed by atoms with van der Waals surface area (Å²) in [6.45, 7) is 1.89. The van der Waals surface area contributed by atoms with Crippen LogP contribution in [-0.2, 0) is 10.4 Å². The molecule has 1 aliphatic carbocycles. The molecule has 26 heavy (non-hydrogen) atoms. The van der Waals surface area contributed by atoms with E-state index < -0.39 is 5.60 Å². The largest absolute Gasteiger partial charge is 0.493 e. The number of aromatic nitrogens is 2. The highest BCUT2D eigenvalue weighted by Gasteiger charge is 2.40. The number of nitrogens with one attached hydrogen (secondary N) is 1. The van der Waals surface area contributed by atoms with Crippen LogP contribution < -0.4 is 9.47 Å². The van der Waals surface area contributed by atoms with Gasteiger partial charge in [0.05, 0.1) is 18.9 Å². The highest BCUT2D eigenvalue weighted by Crippen LogP contribution is 2.37. The van der Waals surface area contributed by atoms with Crippen LogP contribution in [0.3, 0.4) is 0 Å². The van der Waals surface area contributed by atoms with Crippen molar-refractivity contribution < 1.29 is 18.8 Å². The molecule has 1 saturated carbocycles. The molecule has 0 amide bonds. The first kappa shape index (κ1) is 17.1. The predicted molar refractivity (Wildman–Crippen MR) is 97.2 cm³/mol. The number of benzene rings is 1. The van der Waals surface area contributed by atoms with Crippen molar-refractivity contribution in [2.45, 2.75) is 50.7 Å². The predicted octanol–water partition coefficient (Wildman–Crippen LogP) is 4.10. The third kappa shape index (κ3) is 3.21. The zero-order valence-corrected chi connectivity index (χ0v) is 15.6. The molecule has 2 heterocycles. The van der Waals surface area contributed by atoms with Crippen molar-refractivity contribution in [3.05, 3.63) is 34.4 Å². The van der Waals surface area contributed by atoms with Gasteiger partial charge in [-0.25, -0.2) is 0 Å². The van der Waals surface area contributed by atoms with E-state index in [9.17, 15) is 0 Å². The Labute approximate surface area is 156 Å². The van der Waals surface area contributed by atoms with Crippen LogP contribution in [0.5, 0.6) is 11.5 Å². The van der Waals surface area contributed by atoms with Crippen LogP contribution in [0.4, 0.5) is 0 Å². The van der Waals surface area contributed by atoms with Gasteiger partial charge in [-0.2, -0.15) is 0 Å². The zero-order chi connectivity index (χ0) is 18.1. The minimum atomic E-state index is -0.734. The maximum absolute atomic E-state index is 6.17. The Morgan fingerprint density at radius 1 is 1.27 bits per heavy atom. The highest BCUT2D eigenvalue weighted by molar-refractivity contribution is 7.71. The van der Waals surface area contributed by atoms with E-state index in [2.05, 4.69) is 15.3 Å². The van der Waals surface area contributed by atoms with Crippen molar-refractivity contribution in [3.63, 3.8) is 0 Å². The number of rotatable bonds is 5. The number of hydrogen-bond acceptors (Lipinski definition) is 7. The Bertz CT molecular complexity index is 885. The van der Waals surface area contributed by atoms with Crippen LogP contribution in [0.1, 0.15) is 50.4 Å². The van der Waals surface area contributed by atoms with E-state index in [0.29, 0.717) is 12.2 Å². The van der Waals surface area contributed by atoms with E-state index in [1.807, 2.05) is 25.1 Å². The number of nitrogens with zero attached hydrogens (tertiary/aromatic N) is 2. The van der Waals surface area contributed by atoms with E-state index in [1.165, 1.54) is 12.8 Å². The molecule has 0 radical (unpaired) electrons. The summed E-state index contributed by atoms with van der Waals surface area (Å²) in [6.07, 6.45) is 5.39. The molecule has 1 N–H and O–H groups in total. The van der Waals surface area contributed by atoms with E-state index in [-0.39, 0.29) is 10.9 Å². The molecule has 1 atom stereocenters. The fourth-order valence-corrected chi connectivity index (χ4v) is 3.55. The van der Waals surface area contributed by atoms with Gasteiger partial charge in [0.1, 0.15) is 0 Å². The van der Waals surface area contributed by atoms with E-state index in [0.717, 1.165) is 35.6 Å². The number of ether oxygens (including phenoxy) is 2. The Morgan fingerprint density at radius 2 is 2.08 bits per heavy atom. The van der Waals surface area contributed by atoms with Crippen LogP contribution in [-0.4, -0.2) is 29.1 Å². The number of H-pyrrole nitrogens is 1. The van der Waals surface area contributed by atoms with Crippen LogP contribution in [0, 0.1) is 4.84 Å². The summed E-state index contributed by atoms with van der Waals surface area (Å²) in [7, 11) is 1.65. The quantitative estimate of drug-likeness (QED) is 0.792. The molecule has 7 nitrogen and oxygen atoms in total. The SMILES string of the molecule is COc1ccc(C2=NOC(C)(c3noc(=S)[nH]3)C2)cc1OC1CCCC1. The molecule has 8 heteroatoms. The molecule has 0 spiro atoms. The lowest BCUT2D eigenvalue weighted by Gasteiger charge is -2.18. The first-order chi connectivity index (χ1) is 12.6. The molecule has 1 aliphatic heterocycles. The molecule has 0 bridgehead atoms. The van der Waals surface area contributed by atoms with Gasteiger partial charge in [-0.15, -0.1) is 0 Å². The summed E-state index contributed by atoms with van der Waals surface area (Å²) in [4.78, 5) is 8.77. The Morgan fingerprint density at radius 3 is 2.77 bits per heavy atom. The fourth-order valence-electron chi connectivity index (χ4n) is 3.41. The minimum absolute atomic E-state index is 0.218. The summed E-state index contributed by atoms with van der Waals surface area (Å²) in [6, 6.07) is 5.83. The van der Waals surface area contributed by atoms with Gasteiger partial charge in [0.2, 0.25) is 5.60 Å². The van der Waals surface area contributed by atoms with Gasteiger partial charge >= 0.3 is 0 Å². The third-order valence-electron chi connectivity index (χ3n) is 4.90. The van der Waals surface area contributed by atoms with Gasteiger partial charge in [0.25, 0.3) is 4.84 Å². The molecular formula is C18H21N3O4S. The van der Waals surface area contributed by atoms with Crippen molar-refractivity contribution in [3.8, 4) is 11.5 Å². The first-order valence-electron chi connectivity index (χ1n) is 8.74. The van der Waals surface area contributed by atoms with Gasteiger partial charge in [-0.1, -0.05) is 10.3 Å². The maximum Gasteiger partial charge on any atom is 0.294 e. The Kier molecular flexibility index (Phi) is 4.44. The summed E-state index contributed by atoms with van der Waals surface area (Å²) < 4.78 is 16.6. The van der Waals surface area contributed by atoms with Crippen LogP contribution in [0.25, 0.3) is 0 Å². The van der Waals surface area contributed by atoms with E-state index in [4.69, 9.17) is 31.1 Å². The van der Waals surface area contributed by atoms with Gasteiger partial charge in [-0.3, -0.25) is 4.98 Å². The van der Waals surface area contributed by atoms with Crippen LogP contribution >= 0.6 is 12.2 Å². The van der Waals surface area contributed by atoms with Crippen LogP contribution in [0.15, 0.2) is 27.9 Å². The molecule has 1 aromatic carbocycles. The number of methoxy groups -OCH3 is 1. The molecule has 1 aromatic heterocycles. The summed E-state index contributed by atoms with van der Waals surface area (Å²) in [5.41, 5.74) is 1.01. The number of oxime groups is 1. The summed E-state index contributed by atoms with van der Waals surface area (Å²) in [5.74, 6) is 2.00. The molecule has 138 valence electrons. The van der Waals surface area contributed by atoms with Gasteiger partial charge in [-0.05, 0) is 63.0 Å². The van der Waals surface area contributed by atoms with Crippen molar-refractivity contribution in [2.24, 2.45) is 5.16 Å². The lowest BCUT2D eigenvalue weighted by molar-refractivity contribution is -0.0159. The lowest BCUT2D eigenvalue weighted by atomic mass is 9.95. The standard InChI is InChI=1S/C18H21N3O4S/c1-18(16-19-17(26)24-21-16)10-13(20-25-18)11-7-8-14(22-2)15(9-11)23-12-5-3-4-6-12/h7-9,12H,3-6,10H2,1-2H3,(H,19,21,26). The second kappa shape index (κ2) is 6.75. The van der Waals surface area contributed by atoms with Gasteiger partial charge in [0, 0.05) is 12.0 Å². The third-order valence-corrected chi connectivity index (χ3v) is 5.07. The molecule has 0 saturated heterocycles. The summed E-state index contributed by atoms with van der Waals surface area (Å²) in [5, 5.41) is 8.19. The average molecular weight is 375 g/mol. The van der Waals surface area contributed by atoms with Crippen molar-refractivity contribution in [2.75, 3.05) is 7.11 Å². The molecular weight excluding hydrogens is 354 g/mol. The topological polar surface area (TPSA) is 81.9 Å². The number of aromatic amines is 1. The Hall–Kier alpha value is -2.35. The lowest BCUT2D eigenvalue weighted by Crippen LogP contribution is -2.23. The molecule has 1 fully saturated rings. The maximum atomic E-state index is 6.17. The van der Waals surface area contributed by atoms with E-state index in [1.54, 1.807) is 7.11 Å². The van der Waals surface area contributed by atoms with E-state index >= 15 is 0 Å². The molecule has 2 aromatic rings. The van der Waals surface area contributed by atoms with Crippen molar-refractivity contribution in [1.29, 1.82) is 0 Å². The first-order valence-corrected chi connectivity index (χ1v) is 9.15. The van der Waals surface area contributed by atoms with Gasteiger partial charge in [0.15, 0.2) is 17.3 Å². The Balaban J connectivity index is 1.57. The molecule has 4 rings (SSSR count). The second-order valence-corrected chi connectivity index (χ2v) is 7.24. The average Bonchev–Trinajstić information content (AvgIpc) is 3.37. The molecule has 2 aliphatic rings. The van der Waals surface area contributed by atoms with Crippen molar-refractivity contribution >= 4 is 17.9 Å². The summed E-state index contributed by atoms with van der Waals surface area (Å²) >= 11 is 4.95.